The van der Waals surface area contributed by atoms with E-state index in [1.54, 1.807) is 17.1 Å². The number of pyridine rings is 1. The predicted molar refractivity (Wildman–Crippen MR) is 87.9 cm³/mol. The van der Waals surface area contributed by atoms with Gasteiger partial charge in [-0.2, -0.15) is 5.10 Å². The van der Waals surface area contributed by atoms with Gasteiger partial charge in [-0.15, -0.1) is 0 Å². The van der Waals surface area contributed by atoms with E-state index in [9.17, 15) is 5.11 Å². The molecule has 1 aromatic carbocycles. The summed E-state index contributed by atoms with van der Waals surface area (Å²) in [5, 5.41) is 18.3. The van der Waals surface area contributed by atoms with Gasteiger partial charge in [0.05, 0.1) is 24.2 Å². The molecule has 114 valence electrons. The molecule has 2 heterocycles. The molecule has 2 N–H and O–H groups in total. The standard InChI is InChI=1S/C17H20N4O/c1-12-4-3-5-13(8-12)9-14(11-22)20-16-6-7-18-17-15(16)10-19-21(17)2/h3-8,10,14,22H,9,11H2,1-2H3,(H,18,20). The smallest absolute Gasteiger partial charge is 0.159 e. The van der Waals surface area contributed by atoms with Crippen LogP contribution in [0.15, 0.2) is 42.7 Å². The molecular weight excluding hydrogens is 276 g/mol. The number of anilines is 1. The lowest BCUT2D eigenvalue weighted by molar-refractivity contribution is 0.274. The van der Waals surface area contributed by atoms with Gasteiger partial charge in [-0.3, -0.25) is 4.68 Å². The van der Waals surface area contributed by atoms with Crippen molar-refractivity contribution in [1.82, 2.24) is 14.8 Å². The second-order valence-electron chi connectivity index (χ2n) is 5.58. The molecular formula is C17H20N4O. The fourth-order valence-corrected chi connectivity index (χ4v) is 2.68. The van der Waals surface area contributed by atoms with Gasteiger partial charge in [0.1, 0.15) is 0 Å². The summed E-state index contributed by atoms with van der Waals surface area (Å²) in [6.45, 7) is 2.14. The fraction of sp³-hybridized carbons (Fsp3) is 0.294. The van der Waals surface area contributed by atoms with Crippen molar-refractivity contribution in [1.29, 1.82) is 0 Å². The Balaban J connectivity index is 1.82. The van der Waals surface area contributed by atoms with E-state index in [0.717, 1.165) is 23.1 Å². The highest BCUT2D eigenvalue weighted by molar-refractivity contribution is 5.88. The number of aliphatic hydroxyl groups excluding tert-OH is 1. The zero-order chi connectivity index (χ0) is 15.5. The molecule has 0 amide bonds. The Kier molecular flexibility index (Phi) is 4.06. The van der Waals surface area contributed by atoms with Gasteiger partial charge in [0, 0.05) is 18.9 Å². The van der Waals surface area contributed by atoms with E-state index in [1.807, 2.05) is 19.2 Å². The summed E-state index contributed by atoms with van der Waals surface area (Å²) >= 11 is 0. The summed E-state index contributed by atoms with van der Waals surface area (Å²) < 4.78 is 1.75. The number of nitrogens with one attached hydrogen (secondary N) is 1. The fourth-order valence-electron chi connectivity index (χ4n) is 2.68. The van der Waals surface area contributed by atoms with Crippen molar-refractivity contribution in [2.24, 2.45) is 7.05 Å². The highest BCUT2D eigenvalue weighted by atomic mass is 16.3. The summed E-state index contributed by atoms with van der Waals surface area (Å²) in [7, 11) is 1.87. The Hall–Kier alpha value is -2.40. The highest BCUT2D eigenvalue weighted by Gasteiger charge is 2.12. The number of hydrogen-bond donors (Lipinski definition) is 2. The second kappa shape index (κ2) is 6.15. The lowest BCUT2D eigenvalue weighted by atomic mass is 10.0. The molecule has 5 heteroatoms. The lowest BCUT2D eigenvalue weighted by Crippen LogP contribution is -2.26. The van der Waals surface area contributed by atoms with Crippen LogP contribution in [-0.4, -0.2) is 32.5 Å². The topological polar surface area (TPSA) is 63.0 Å². The molecule has 0 saturated heterocycles. The molecule has 3 aromatic rings. The Morgan fingerprint density at radius 3 is 2.95 bits per heavy atom. The molecule has 0 bridgehead atoms. The van der Waals surface area contributed by atoms with E-state index in [0.29, 0.717) is 0 Å². The van der Waals surface area contributed by atoms with Crippen molar-refractivity contribution >= 4 is 16.7 Å². The van der Waals surface area contributed by atoms with Crippen molar-refractivity contribution in [3.8, 4) is 0 Å². The van der Waals surface area contributed by atoms with E-state index in [4.69, 9.17) is 0 Å². The maximum absolute atomic E-state index is 9.70. The van der Waals surface area contributed by atoms with Crippen LogP contribution in [-0.2, 0) is 13.5 Å². The van der Waals surface area contributed by atoms with Gasteiger partial charge >= 0.3 is 0 Å². The molecule has 0 saturated carbocycles. The third kappa shape index (κ3) is 2.94. The van der Waals surface area contributed by atoms with Gasteiger partial charge in [0.25, 0.3) is 0 Å². The van der Waals surface area contributed by atoms with E-state index in [2.05, 4.69) is 40.5 Å². The molecule has 3 rings (SSSR count). The second-order valence-corrected chi connectivity index (χ2v) is 5.58. The highest BCUT2D eigenvalue weighted by Crippen LogP contribution is 2.22. The summed E-state index contributed by atoms with van der Waals surface area (Å²) in [4.78, 5) is 4.33. The van der Waals surface area contributed by atoms with Gasteiger partial charge in [0.2, 0.25) is 0 Å². The number of hydrogen-bond acceptors (Lipinski definition) is 4. The Morgan fingerprint density at radius 2 is 2.18 bits per heavy atom. The number of aliphatic hydroxyl groups is 1. The van der Waals surface area contributed by atoms with Crippen molar-refractivity contribution < 1.29 is 5.11 Å². The Morgan fingerprint density at radius 1 is 1.32 bits per heavy atom. The number of aryl methyl sites for hydroxylation is 2. The lowest BCUT2D eigenvalue weighted by Gasteiger charge is -2.18. The van der Waals surface area contributed by atoms with Crippen molar-refractivity contribution in [2.45, 2.75) is 19.4 Å². The summed E-state index contributed by atoms with van der Waals surface area (Å²) in [5.41, 5.74) is 4.22. The molecule has 0 fully saturated rings. The van der Waals surface area contributed by atoms with Crippen molar-refractivity contribution in [3.05, 3.63) is 53.9 Å². The molecule has 1 atom stereocenters. The first-order valence-corrected chi connectivity index (χ1v) is 7.37. The zero-order valence-electron chi connectivity index (χ0n) is 12.8. The first kappa shape index (κ1) is 14.5. The normalized spacial score (nSPS) is 12.5. The number of nitrogens with zero attached hydrogens (tertiary/aromatic N) is 3. The number of benzene rings is 1. The van der Waals surface area contributed by atoms with Crippen LogP contribution in [0.1, 0.15) is 11.1 Å². The van der Waals surface area contributed by atoms with Gasteiger partial charge in [-0.25, -0.2) is 4.98 Å². The van der Waals surface area contributed by atoms with Crippen LogP contribution in [0.2, 0.25) is 0 Å². The average Bonchev–Trinajstić information content (AvgIpc) is 2.89. The molecule has 0 radical (unpaired) electrons. The van der Waals surface area contributed by atoms with Gasteiger partial charge < -0.3 is 10.4 Å². The molecule has 0 aliphatic heterocycles. The van der Waals surface area contributed by atoms with Crippen LogP contribution in [0.4, 0.5) is 5.69 Å². The first-order chi connectivity index (χ1) is 10.7. The number of aromatic nitrogens is 3. The SMILES string of the molecule is Cc1cccc(CC(CO)Nc2ccnc3c2cnn3C)c1. The summed E-state index contributed by atoms with van der Waals surface area (Å²) in [5.74, 6) is 0. The van der Waals surface area contributed by atoms with Gasteiger partial charge in [0.15, 0.2) is 5.65 Å². The molecule has 0 spiro atoms. The first-order valence-electron chi connectivity index (χ1n) is 7.37. The van der Waals surface area contributed by atoms with E-state index in [1.165, 1.54) is 11.1 Å². The molecule has 2 aromatic heterocycles. The van der Waals surface area contributed by atoms with Crippen molar-refractivity contribution in [3.63, 3.8) is 0 Å². The van der Waals surface area contributed by atoms with E-state index < -0.39 is 0 Å². The van der Waals surface area contributed by atoms with Crippen LogP contribution >= 0.6 is 0 Å². The third-order valence-corrected chi connectivity index (χ3v) is 3.78. The van der Waals surface area contributed by atoms with Gasteiger partial charge in [-0.05, 0) is 25.0 Å². The number of rotatable bonds is 5. The maximum atomic E-state index is 9.70. The quantitative estimate of drug-likeness (QED) is 0.758. The molecule has 1 unspecified atom stereocenters. The monoisotopic (exact) mass is 296 g/mol. The summed E-state index contributed by atoms with van der Waals surface area (Å²) in [6, 6.07) is 10.2. The van der Waals surface area contributed by atoms with Gasteiger partial charge in [-0.1, -0.05) is 29.8 Å². The summed E-state index contributed by atoms with van der Waals surface area (Å²) in [6.07, 6.45) is 4.32. The van der Waals surface area contributed by atoms with Crippen LogP contribution < -0.4 is 5.32 Å². The van der Waals surface area contributed by atoms with E-state index >= 15 is 0 Å². The minimum atomic E-state index is -0.0485. The van der Waals surface area contributed by atoms with Crippen LogP contribution in [0.5, 0.6) is 0 Å². The Labute approximate surface area is 129 Å². The minimum Gasteiger partial charge on any atom is -0.394 e. The molecule has 22 heavy (non-hydrogen) atoms. The van der Waals surface area contributed by atoms with E-state index in [-0.39, 0.29) is 12.6 Å². The maximum Gasteiger partial charge on any atom is 0.159 e. The van der Waals surface area contributed by atoms with Crippen LogP contribution in [0.3, 0.4) is 0 Å². The van der Waals surface area contributed by atoms with Crippen LogP contribution in [0, 0.1) is 6.92 Å². The van der Waals surface area contributed by atoms with Crippen molar-refractivity contribution in [2.75, 3.05) is 11.9 Å². The number of fused-ring (bicyclic) bond motifs is 1. The zero-order valence-corrected chi connectivity index (χ0v) is 12.8. The third-order valence-electron chi connectivity index (χ3n) is 3.78. The minimum absolute atomic E-state index is 0.0485. The largest absolute Gasteiger partial charge is 0.394 e. The average molecular weight is 296 g/mol. The molecule has 0 aliphatic rings. The predicted octanol–water partition coefficient (Wildman–Crippen LogP) is 2.29. The molecule has 5 nitrogen and oxygen atoms in total. The Bertz CT molecular complexity index is 781. The molecule has 0 aliphatic carbocycles. The van der Waals surface area contributed by atoms with Crippen LogP contribution in [0.25, 0.3) is 11.0 Å².